The summed E-state index contributed by atoms with van der Waals surface area (Å²) in [5, 5.41) is 12.7. The highest BCUT2D eigenvalue weighted by atomic mass is 16.3. The van der Waals surface area contributed by atoms with E-state index < -0.39 is 6.23 Å². The molecule has 1 unspecified atom stereocenters. The summed E-state index contributed by atoms with van der Waals surface area (Å²) in [4.78, 5) is 2.02. The lowest BCUT2D eigenvalue weighted by molar-refractivity contribution is 0.0472. The van der Waals surface area contributed by atoms with Crippen molar-refractivity contribution in [2.24, 2.45) is 0 Å². The molecule has 0 amide bonds. The van der Waals surface area contributed by atoms with Crippen molar-refractivity contribution in [1.29, 1.82) is 0 Å². The summed E-state index contributed by atoms with van der Waals surface area (Å²) in [6, 6.07) is 0. The van der Waals surface area contributed by atoms with Crippen molar-refractivity contribution >= 4 is 0 Å². The number of hydrogen-bond acceptors (Lipinski definition) is 3. The number of aliphatic hydroxyl groups excluding tert-OH is 1. The van der Waals surface area contributed by atoms with Gasteiger partial charge in [-0.2, -0.15) is 0 Å². The normalized spacial score (nSPS) is 24.1. The molecule has 0 aromatic heterocycles. The van der Waals surface area contributed by atoms with Crippen LogP contribution in [0.5, 0.6) is 0 Å². The molecule has 1 saturated heterocycles. The second kappa shape index (κ2) is 4.49. The second-order valence-corrected chi connectivity index (χ2v) is 2.79. The van der Waals surface area contributed by atoms with Gasteiger partial charge in [-0.1, -0.05) is 6.58 Å². The molecular formula is C8H16N2O. The third kappa shape index (κ3) is 2.61. The highest BCUT2D eigenvalue weighted by Gasteiger charge is 2.13. The average Bonchev–Trinajstić information content (AvgIpc) is 2.30. The maximum absolute atomic E-state index is 9.39. The van der Waals surface area contributed by atoms with Crippen LogP contribution in [0, 0.1) is 0 Å². The Bertz CT molecular complexity index is 119. The number of nitrogens with zero attached hydrogens (tertiary/aromatic N) is 1. The molecule has 1 fully saturated rings. The van der Waals surface area contributed by atoms with Crippen molar-refractivity contribution in [2.75, 3.05) is 26.2 Å². The van der Waals surface area contributed by atoms with Crippen molar-refractivity contribution in [3.05, 3.63) is 12.7 Å². The van der Waals surface area contributed by atoms with Crippen molar-refractivity contribution < 1.29 is 5.11 Å². The van der Waals surface area contributed by atoms with E-state index >= 15 is 0 Å². The topological polar surface area (TPSA) is 35.5 Å². The predicted molar refractivity (Wildman–Crippen MR) is 45.3 cm³/mol. The first-order valence-corrected chi connectivity index (χ1v) is 4.10. The molecule has 0 aromatic rings. The molecule has 0 aliphatic carbocycles. The maximum Gasteiger partial charge on any atom is 0.126 e. The summed E-state index contributed by atoms with van der Waals surface area (Å²) in [6.07, 6.45) is 2.21. The van der Waals surface area contributed by atoms with Crippen LogP contribution < -0.4 is 5.32 Å². The Hall–Kier alpha value is -0.380. The molecule has 1 heterocycles. The van der Waals surface area contributed by atoms with Gasteiger partial charge in [0.05, 0.1) is 0 Å². The Labute approximate surface area is 67.7 Å². The van der Waals surface area contributed by atoms with Crippen molar-refractivity contribution in [3.63, 3.8) is 0 Å². The molecule has 3 heteroatoms. The Morgan fingerprint density at radius 1 is 1.45 bits per heavy atom. The first kappa shape index (κ1) is 8.71. The zero-order chi connectivity index (χ0) is 8.10. The molecule has 0 spiro atoms. The zero-order valence-corrected chi connectivity index (χ0v) is 6.79. The first-order chi connectivity index (χ1) is 5.34. The van der Waals surface area contributed by atoms with Crippen LogP contribution in [0.4, 0.5) is 0 Å². The fraction of sp³-hybridized carbons (Fsp3) is 0.750. The SMILES string of the molecule is C=CC(O)N1CCCNCC1. The highest BCUT2D eigenvalue weighted by molar-refractivity contribution is 4.80. The average molecular weight is 156 g/mol. The molecule has 1 rings (SSSR count). The van der Waals surface area contributed by atoms with E-state index in [1.165, 1.54) is 0 Å². The monoisotopic (exact) mass is 156 g/mol. The highest BCUT2D eigenvalue weighted by Crippen LogP contribution is 2.00. The van der Waals surface area contributed by atoms with E-state index in [9.17, 15) is 5.11 Å². The van der Waals surface area contributed by atoms with Crippen LogP contribution >= 0.6 is 0 Å². The molecule has 1 atom stereocenters. The van der Waals surface area contributed by atoms with Crippen LogP contribution in [0.1, 0.15) is 6.42 Å². The van der Waals surface area contributed by atoms with E-state index in [4.69, 9.17) is 0 Å². The fourth-order valence-corrected chi connectivity index (χ4v) is 1.28. The third-order valence-electron chi connectivity index (χ3n) is 1.96. The summed E-state index contributed by atoms with van der Waals surface area (Å²) >= 11 is 0. The number of nitrogens with one attached hydrogen (secondary N) is 1. The Morgan fingerprint density at radius 3 is 3.00 bits per heavy atom. The lowest BCUT2D eigenvalue weighted by Crippen LogP contribution is -2.36. The van der Waals surface area contributed by atoms with Gasteiger partial charge in [0, 0.05) is 19.6 Å². The molecule has 1 aliphatic heterocycles. The van der Waals surface area contributed by atoms with Gasteiger partial charge in [-0.05, 0) is 19.0 Å². The smallest absolute Gasteiger partial charge is 0.126 e. The standard InChI is InChI=1S/C8H16N2O/c1-2-8(11)10-6-3-4-9-5-7-10/h2,8-9,11H,1,3-7H2. The van der Waals surface area contributed by atoms with Gasteiger partial charge in [-0.15, -0.1) is 0 Å². The van der Waals surface area contributed by atoms with Crippen molar-refractivity contribution in [3.8, 4) is 0 Å². The second-order valence-electron chi connectivity index (χ2n) is 2.79. The lowest BCUT2D eigenvalue weighted by Gasteiger charge is -2.22. The fourth-order valence-electron chi connectivity index (χ4n) is 1.28. The summed E-state index contributed by atoms with van der Waals surface area (Å²) in [7, 11) is 0. The van der Waals surface area contributed by atoms with Gasteiger partial charge in [0.15, 0.2) is 0 Å². The summed E-state index contributed by atoms with van der Waals surface area (Å²) in [5.74, 6) is 0. The Morgan fingerprint density at radius 2 is 2.27 bits per heavy atom. The lowest BCUT2D eigenvalue weighted by atomic mass is 10.3. The van der Waals surface area contributed by atoms with Crippen LogP contribution in [0.15, 0.2) is 12.7 Å². The third-order valence-corrected chi connectivity index (χ3v) is 1.96. The number of aliphatic hydroxyl groups is 1. The predicted octanol–water partition coefficient (Wildman–Crippen LogP) is -0.214. The summed E-state index contributed by atoms with van der Waals surface area (Å²) in [6.45, 7) is 7.44. The van der Waals surface area contributed by atoms with Crippen LogP contribution in [-0.4, -0.2) is 42.4 Å². The number of rotatable bonds is 2. The van der Waals surface area contributed by atoms with Crippen molar-refractivity contribution in [2.45, 2.75) is 12.6 Å². The van der Waals surface area contributed by atoms with Gasteiger partial charge in [0.2, 0.25) is 0 Å². The van der Waals surface area contributed by atoms with Crippen LogP contribution in [0.2, 0.25) is 0 Å². The van der Waals surface area contributed by atoms with Gasteiger partial charge in [0.1, 0.15) is 6.23 Å². The maximum atomic E-state index is 9.39. The number of hydrogen-bond donors (Lipinski definition) is 2. The Kier molecular flexibility index (Phi) is 3.56. The minimum Gasteiger partial charge on any atom is -0.375 e. The molecule has 3 nitrogen and oxygen atoms in total. The van der Waals surface area contributed by atoms with E-state index in [1.54, 1.807) is 6.08 Å². The van der Waals surface area contributed by atoms with Gasteiger partial charge in [-0.25, -0.2) is 0 Å². The van der Waals surface area contributed by atoms with Gasteiger partial charge >= 0.3 is 0 Å². The molecule has 2 N–H and O–H groups in total. The minimum absolute atomic E-state index is 0.463. The van der Waals surface area contributed by atoms with E-state index in [0.717, 1.165) is 32.6 Å². The van der Waals surface area contributed by atoms with E-state index in [-0.39, 0.29) is 0 Å². The Balaban J connectivity index is 2.35. The van der Waals surface area contributed by atoms with Crippen LogP contribution in [-0.2, 0) is 0 Å². The molecule has 1 aliphatic rings. The van der Waals surface area contributed by atoms with Gasteiger partial charge < -0.3 is 10.4 Å². The molecule has 0 bridgehead atoms. The molecule has 64 valence electrons. The van der Waals surface area contributed by atoms with Crippen LogP contribution in [0.25, 0.3) is 0 Å². The van der Waals surface area contributed by atoms with Gasteiger partial charge in [0.25, 0.3) is 0 Å². The van der Waals surface area contributed by atoms with E-state index in [0.29, 0.717) is 0 Å². The first-order valence-electron chi connectivity index (χ1n) is 4.10. The van der Waals surface area contributed by atoms with E-state index in [2.05, 4.69) is 11.9 Å². The van der Waals surface area contributed by atoms with Crippen LogP contribution in [0.3, 0.4) is 0 Å². The minimum atomic E-state index is -0.463. The molecule has 11 heavy (non-hydrogen) atoms. The summed E-state index contributed by atoms with van der Waals surface area (Å²) in [5.41, 5.74) is 0. The molecular weight excluding hydrogens is 140 g/mol. The molecule has 0 saturated carbocycles. The zero-order valence-electron chi connectivity index (χ0n) is 6.79. The summed E-state index contributed by atoms with van der Waals surface area (Å²) < 4.78 is 0. The molecule has 0 radical (unpaired) electrons. The van der Waals surface area contributed by atoms with Crippen molar-refractivity contribution in [1.82, 2.24) is 10.2 Å². The van der Waals surface area contributed by atoms with E-state index in [1.807, 2.05) is 4.90 Å². The molecule has 0 aromatic carbocycles. The van der Waals surface area contributed by atoms with Gasteiger partial charge in [-0.3, -0.25) is 4.90 Å². The quantitative estimate of drug-likeness (QED) is 0.543. The largest absolute Gasteiger partial charge is 0.375 e.